The van der Waals surface area contributed by atoms with Crippen LogP contribution in [0.2, 0.25) is 0 Å². The summed E-state index contributed by atoms with van der Waals surface area (Å²) in [5, 5.41) is 8.84. The van der Waals surface area contributed by atoms with Crippen LogP contribution in [0.15, 0.2) is 35.0 Å². The number of rotatable bonds is 3. The first-order chi connectivity index (χ1) is 11.3. The number of para-hydroxylation sites is 1. The van der Waals surface area contributed by atoms with Gasteiger partial charge in [0.2, 0.25) is 0 Å². The monoisotopic (exact) mass is 327 g/mol. The van der Waals surface area contributed by atoms with Crippen molar-refractivity contribution in [3.63, 3.8) is 0 Å². The Bertz CT molecular complexity index is 833. The second-order valence-corrected chi connectivity index (χ2v) is 6.90. The van der Waals surface area contributed by atoms with Crippen molar-refractivity contribution in [2.45, 2.75) is 38.1 Å². The third kappa shape index (κ3) is 2.86. The minimum absolute atomic E-state index is 0.0338. The maximum Gasteiger partial charge on any atom is 0.263 e. The van der Waals surface area contributed by atoms with Gasteiger partial charge in [-0.1, -0.05) is 36.6 Å². The molecule has 23 heavy (non-hydrogen) atoms. The zero-order valence-electron chi connectivity index (χ0n) is 12.6. The lowest BCUT2D eigenvalue weighted by atomic mass is 9.95. The largest absolute Gasteiger partial charge is 0.356 e. The average Bonchev–Trinajstić information content (AvgIpc) is 3.22. The highest BCUT2D eigenvalue weighted by Gasteiger charge is 2.20. The number of benzene rings is 1. The summed E-state index contributed by atoms with van der Waals surface area (Å²) in [6.45, 7) is 0. The molecule has 1 aliphatic rings. The predicted molar refractivity (Wildman–Crippen MR) is 89.5 cm³/mol. The number of aromatic nitrogens is 2. The molecular formula is C17H17N3O2S. The molecule has 2 aromatic heterocycles. The van der Waals surface area contributed by atoms with E-state index in [-0.39, 0.29) is 5.91 Å². The predicted octanol–water partition coefficient (Wildman–Crippen LogP) is 4.01. The molecule has 1 saturated carbocycles. The number of nitrogens with one attached hydrogen (secondary N) is 1. The van der Waals surface area contributed by atoms with Crippen LogP contribution in [-0.4, -0.2) is 22.1 Å². The van der Waals surface area contributed by atoms with Crippen molar-refractivity contribution in [1.82, 2.24) is 15.5 Å². The maximum atomic E-state index is 12.4. The van der Waals surface area contributed by atoms with Crippen molar-refractivity contribution < 1.29 is 9.32 Å². The maximum absolute atomic E-state index is 12.4. The van der Waals surface area contributed by atoms with E-state index in [1.54, 1.807) is 6.20 Å². The van der Waals surface area contributed by atoms with Crippen LogP contribution in [0.5, 0.6) is 0 Å². The summed E-state index contributed by atoms with van der Waals surface area (Å²) in [7, 11) is 0. The summed E-state index contributed by atoms with van der Waals surface area (Å²) >= 11 is 1.36. The van der Waals surface area contributed by atoms with E-state index >= 15 is 0 Å². The summed E-state index contributed by atoms with van der Waals surface area (Å²) < 4.78 is 5.31. The number of nitrogens with zero attached hydrogens (tertiary/aromatic N) is 2. The number of carbonyl (C=O) groups excluding carboxylic acids is 1. The van der Waals surface area contributed by atoms with Gasteiger partial charge >= 0.3 is 0 Å². The number of hydrogen-bond donors (Lipinski definition) is 1. The van der Waals surface area contributed by atoms with Crippen molar-refractivity contribution in [2.24, 2.45) is 0 Å². The van der Waals surface area contributed by atoms with Crippen LogP contribution >= 0.6 is 11.3 Å². The van der Waals surface area contributed by atoms with E-state index in [1.165, 1.54) is 30.6 Å². The molecule has 5 nitrogen and oxygen atoms in total. The number of thiazole rings is 1. The van der Waals surface area contributed by atoms with Gasteiger partial charge in [-0.3, -0.25) is 4.79 Å². The summed E-state index contributed by atoms with van der Waals surface area (Å²) in [6, 6.07) is 7.96. The van der Waals surface area contributed by atoms with E-state index in [4.69, 9.17) is 4.52 Å². The number of amides is 1. The minimum atomic E-state index is -0.0338. The van der Waals surface area contributed by atoms with Gasteiger partial charge in [-0.25, -0.2) is 4.98 Å². The summed E-state index contributed by atoms with van der Waals surface area (Å²) in [6.07, 6.45) is 7.45. The second-order valence-electron chi connectivity index (χ2n) is 5.87. The van der Waals surface area contributed by atoms with Crippen molar-refractivity contribution >= 4 is 28.2 Å². The van der Waals surface area contributed by atoms with Gasteiger partial charge in [0.15, 0.2) is 5.58 Å². The van der Waals surface area contributed by atoms with Gasteiger partial charge in [0.1, 0.15) is 15.6 Å². The van der Waals surface area contributed by atoms with Crippen molar-refractivity contribution in [3.05, 3.63) is 35.3 Å². The average molecular weight is 327 g/mol. The van der Waals surface area contributed by atoms with Gasteiger partial charge in [-0.2, -0.15) is 0 Å². The molecule has 1 fully saturated rings. The van der Waals surface area contributed by atoms with Crippen molar-refractivity contribution in [2.75, 3.05) is 0 Å². The Labute approximate surface area is 137 Å². The highest BCUT2D eigenvalue weighted by molar-refractivity contribution is 7.17. The molecule has 1 aromatic carbocycles. The van der Waals surface area contributed by atoms with Gasteiger partial charge in [0, 0.05) is 6.04 Å². The topological polar surface area (TPSA) is 68.0 Å². The Balaban J connectivity index is 1.55. The first-order valence-electron chi connectivity index (χ1n) is 7.93. The van der Waals surface area contributed by atoms with Gasteiger partial charge in [0.25, 0.3) is 5.91 Å². The quantitative estimate of drug-likeness (QED) is 0.789. The number of hydrogen-bond acceptors (Lipinski definition) is 5. The van der Waals surface area contributed by atoms with E-state index in [1.807, 2.05) is 24.3 Å². The zero-order chi connectivity index (χ0) is 15.6. The van der Waals surface area contributed by atoms with Gasteiger partial charge in [-0.05, 0) is 25.0 Å². The Hall–Kier alpha value is -2.21. The lowest BCUT2D eigenvalue weighted by Gasteiger charge is -2.22. The Morgan fingerprint density at radius 3 is 2.91 bits per heavy atom. The SMILES string of the molecule is O=C(NC1CCCCC1)c1cnc(-c2noc3ccccc23)s1. The molecule has 0 radical (unpaired) electrons. The molecule has 6 heteroatoms. The first-order valence-corrected chi connectivity index (χ1v) is 8.74. The molecule has 1 amide bonds. The van der Waals surface area contributed by atoms with Crippen LogP contribution in [-0.2, 0) is 0 Å². The molecule has 118 valence electrons. The Morgan fingerprint density at radius 2 is 2.04 bits per heavy atom. The molecule has 0 aliphatic heterocycles. The molecule has 0 spiro atoms. The normalized spacial score (nSPS) is 15.8. The molecule has 1 aliphatic carbocycles. The van der Waals surface area contributed by atoms with E-state index in [0.29, 0.717) is 21.6 Å². The fourth-order valence-corrected chi connectivity index (χ4v) is 3.85. The summed E-state index contributed by atoms with van der Waals surface area (Å²) in [4.78, 5) is 17.4. The smallest absolute Gasteiger partial charge is 0.263 e. The summed E-state index contributed by atoms with van der Waals surface area (Å²) in [5.41, 5.74) is 1.42. The van der Waals surface area contributed by atoms with Crippen molar-refractivity contribution in [1.29, 1.82) is 0 Å². The molecule has 3 aromatic rings. The molecular weight excluding hydrogens is 310 g/mol. The van der Waals surface area contributed by atoms with Crippen LogP contribution in [0.25, 0.3) is 21.7 Å². The first kappa shape index (κ1) is 14.4. The molecule has 0 unspecified atom stereocenters. The van der Waals surface area contributed by atoms with Crippen LogP contribution in [0.3, 0.4) is 0 Å². The Kier molecular flexibility index (Phi) is 3.83. The standard InChI is InChI=1S/C17H17N3O2S/c21-16(19-11-6-2-1-3-7-11)14-10-18-17(23-14)15-12-8-4-5-9-13(12)22-20-15/h4-5,8-11H,1-3,6-7H2,(H,19,21). The van der Waals surface area contributed by atoms with E-state index in [9.17, 15) is 4.79 Å². The summed E-state index contributed by atoms with van der Waals surface area (Å²) in [5.74, 6) is -0.0338. The lowest BCUT2D eigenvalue weighted by Crippen LogP contribution is -2.35. The van der Waals surface area contributed by atoms with E-state index in [0.717, 1.165) is 23.8 Å². The van der Waals surface area contributed by atoms with Crippen LogP contribution < -0.4 is 5.32 Å². The van der Waals surface area contributed by atoms with E-state index < -0.39 is 0 Å². The lowest BCUT2D eigenvalue weighted by molar-refractivity contribution is 0.0931. The van der Waals surface area contributed by atoms with E-state index in [2.05, 4.69) is 15.5 Å². The van der Waals surface area contributed by atoms with Gasteiger partial charge in [0.05, 0.1) is 11.6 Å². The third-order valence-corrected chi connectivity index (χ3v) is 5.25. The third-order valence-electron chi connectivity index (χ3n) is 4.25. The fraction of sp³-hybridized carbons (Fsp3) is 0.353. The number of fused-ring (bicyclic) bond motifs is 1. The number of carbonyl (C=O) groups is 1. The van der Waals surface area contributed by atoms with Crippen LogP contribution in [0.1, 0.15) is 41.8 Å². The molecule has 2 heterocycles. The van der Waals surface area contributed by atoms with Crippen LogP contribution in [0, 0.1) is 0 Å². The molecule has 0 bridgehead atoms. The fourth-order valence-electron chi connectivity index (χ4n) is 3.03. The Morgan fingerprint density at radius 1 is 1.22 bits per heavy atom. The molecule has 4 rings (SSSR count). The molecule has 1 N–H and O–H groups in total. The van der Waals surface area contributed by atoms with Gasteiger partial charge in [-0.15, -0.1) is 11.3 Å². The van der Waals surface area contributed by atoms with Crippen LogP contribution in [0.4, 0.5) is 0 Å². The minimum Gasteiger partial charge on any atom is -0.356 e. The molecule has 0 saturated heterocycles. The second kappa shape index (κ2) is 6.12. The highest BCUT2D eigenvalue weighted by atomic mass is 32.1. The zero-order valence-corrected chi connectivity index (χ0v) is 13.4. The highest BCUT2D eigenvalue weighted by Crippen LogP contribution is 2.31. The van der Waals surface area contributed by atoms with Crippen molar-refractivity contribution in [3.8, 4) is 10.7 Å². The molecule has 0 atom stereocenters. The van der Waals surface area contributed by atoms with Gasteiger partial charge < -0.3 is 9.84 Å².